The van der Waals surface area contributed by atoms with Crippen molar-refractivity contribution in [2.45, 2.75) is 39.0 Å². The van der Waals surface area contributed by atoms with Gasteiger partial charge in [-0.1, -0.05) is 6.92 Å². The van der Waals surface area contributed by atoms with Gasteiger partial charge in [-0.2, -0.15) is 0 Å². The van der Waals surface area contributed by atoms with Gasteiger partial charge in [0.1, 0.15) is 0 Å². The van der Waals surface area contributed by atoms with Crippen molar-refractivity contribution in [3.63, 3.8) is 0 Å². The third kappa shape index (κ3) is 4.64. The normalized spacial score (nSPS) is 21.7. The minimum absolute atomic E-state index is 0.0878. The van der Waals surface area contributed by atoms with Gasteiger partial charge in [-0.25, -0.2) is 0 Å². The number of carboxylic acids is 1. The Morgan fingerprint density at radius 2 is 2.17 bits per heavy atom. The van der Waals surface area contributed by atoms with Crippen molar-refractivity contribution in [2.75, 3.05) is 19.6 Å². The number of piperidine rings is 1. The topological polar surface area (TPSA) is 83.6 Å². The Balaban J connectivity index is 2.34. The minimum atomic E-state index is -0.788. The molecule has 2 atom stereocenters. The predicted octanol–water partition coefficient (Wildman–Crippen LogP) is 1.07. The number of aliphatic carboxylic acids is 1. The summed E-state index contributed by atoms with van der Waals surface area (Å²) in [6.45, 7) is 3.82. The second-order valence-corrected chi connectivity index (χ2v) is 5.24. The number of carboxylic acid groups (broad SMARTS) is 1. The first-order valence-corrected chi connectivity index (χ1v) is 6.75. The van der Waals surface area contributed by atoms with Crippen LogP contribution in [0.4, 0.5) is 0 Å². The lowest BCUT2D eigenvalue weighted by molar-refractivity contribution is -0.145. The maximum atomic E-state index is 12.0. The molecular weight excluding hydrogens is 232 g/mol. The van der Waals surface area contributed by atoms with Gasteiger partial charge in [0, 0.05) is 19.5 Å². The molecule has 0 spiro atoms. The highest BCUT2D eigenvalue weighted by Gasteiger charge is 2.27. The Hall–Kier alpha value is -1.10. The second kappa shape index (κ2) is 7.36. The molecule has 0 saturated carbocycles. The van der Waals surface area contributed by atoms with Crippen LogP contribution in [0.25, 0.3) is 0 Å². The number of carbonyl (C=O) groups is 2. The van der Waals surface area contributed by atoms with E-state index in [9.17, 15) is 9.59 Å². The molecule has 1 saturated heterocycles. The molecule has 0 aliphatic carbocycles. The number of nitrogens with zero attached hydrogens (tertiary/aromatic N) is 1. The summed E-state index contributed by atoms with van der Waals surface area (Å²) in [5, 5.41) is 8.97. The van der Waals surface area contributed by atoms with Crippen LogP contribution in [0.3, 0.4) is 0 Å². The molecule has 0 radical (unpaired) electrons. The van der Waals surface area contributed by atoms with Gasteiger partial charge in [0.15, 0.2) is 0 Å². The molecular formula is C13H24N2O3. The molecule has 1 unspecified atom stereocenters. The molecule has 0 aromatic carbocycles. The zero-order valence-corrected chi connectivity index (χ0v) is 11.1. The van der Waals surface area contributed by atoms with Gasteiger partial charge in [0.2, 0.25) is 5.91 Å². The zero-order valence-electron chi connectivity index (χ0n) is 11.1. The highest BCUT2D eigenvalue weighted by Crippen LogP contribution is 2.19. The van der Waals surface area contributed by atoms with E-state index in [-0.39, 0.29) is 11.8 Å². The van der Waals surface area contributed by atoms with Gasteiger partial charge in [0.25, 0.3) is 0 Å². The standard InChI is InChI=1S/C13H24N2O3/c1-10(6-7-14)4-5-12(16)15-8-2-3-11(9-15)13(17)18/h10-11H,2-9,14H2,1H3,(H,17,18)/t10?,11-/m1/s1. The van der Waals surface area contributed by atoms with E-state index in [4.69, 9.17) is 10.8 Å². The molecule has 1 rings (SSSR count). The third-order valence-electron chi connectivity index (χ3n) is 3.63. The second-order valence-electron chi connectivity index (χ2n) is 5.24. The van der Waals surface area contributed by atoms with Crippen LogP contribution in [-0.4, -0.2) is 41.5 Å². The first-order chi connectivity index (χ1) is 8.54. The molecule has 0 aromatic heterocycles. The van der Waals surface area contributed by atoms with Gasteiger partial charge in [-0.3, -0.25) is 9.59 Å². The van der Waals surface area contributed by atoms with Crippen molar-refractivity contribution in [1.29, 1.82) is 0 Å². The fourth-order valence-electron chi connectivity index (χ4n) is 2.36. The van der Waals surface area contributed by atoms with Crippen LogP contribution in [0, 0.1) is 11.8 Å². The van der Waals surface area contributed by atoms with Crippen LogP contribution < -0.4 is 5.73 Å². The van der Waals surface area contributed by atoms with Crippen molar-refractivity contribution >= 4 is 11.9 Å². The Kier molecular flexibility index (Phi) is 6.12. The lowest BCUT2D eigenvalue weighted by atomic mass is 9.97. The van der Waals surface area contributed by atoms with Crippen LogP contribution in [0.5, 0.6) is 0 Å². The van der Waals surface area contributed by atoms with E-state index in [1.807, 2.05) is 0 Å². The number of hydrogen-bond donors (Lipinski definition) is 2. The van der Waals surface area contributed by atoms with Crippen molar-refractivity contribution in [2.24, 2.45) is 17.6 Å². The summed E-state index contributed by atoms with van der Waals surface area (Å²) >= 11 is 0. The van der Waals surface area contributed by atoms with Crippen molar-refractivity contribution < 1.29 is 14.7 Å². The SMILES string of the molecule is CC(CCN)CCC(=O)N1CCC[C@@H](C(=O)O)C1. The molecule has 3 N–H and O–H groups in total. The summed E-state index contributed by atoms with van der Waals surface area (Å²) in [7, 11) is 0. The Labute approximate surface area is 108 Å². The molecule has 1 fully saturated rings. The lowest BCUT2D eigenvalue weighted by Crippen LogP contribution is -2.42. The molecule has 1 amide bonds. The third-order valence-corrected chi connectivity index (χ3v) is 3.63. The van der Waals surface area contributed by atoms with E-state index < -0.39 is 5.97 Å². The fraction of sp³-hybridized carbons (Fsp3) is 0.846. The van der Waals surface area contributed by atoms with Gasteiger partial charge >= 0.3 is 5.97 Å². The van der Waals surface area contributed by atoms with Crippen molar-refractivity contribution in [1.82, 2.24) is 4.90 Å². The number of hydrogen-bond acceptors (Lipinski definition) is 3. The zero-order chi connectivity index (χ0) is 13.5. The summed E-state index contributed by atoms with van der Waals surface area (Å²) in [6, 6.07) is 0. The van der Waals surface area contributed by atoms with Crippen LogP contribution >= 0.6 is 0 Å². The number of amides is 1. The summed E-state index contributed by atoms with van der Waals surface area (Å²) in [6.07, 6.45) is 3.76. The number of carbonyl (C=O) groups excluding carboxylic acids is 1. The van der Waals surface area contributed by atoms with Gasteiger partial charge < -0.3 is 15.7 Å². The number of nitrogens with two attached hydrogens (primary N) is 1. The Bertz CT molecular complexity index is 294. The minimum Gasteiger partial charge on any atom is -0.481 e. The summed E-state index contributed by atoms with van der Waals surface area (Å²) in [4.78, 5) is 24.6. The molecule has 5 nitrogen and oxygen atoms in total. The largest absolute Gasteiger partial charge is 0.481 e. The van der Waals surface area contributed by atoms with Gasteiger partial charge in [-0.05, 0) is 38.1 Å². The van der Waals surface area contributed by atoms with Gasteiger partial charge in [-0.15, -0.1) is 0 Å². The Morgan fingerprint density at radius 1 is 1.44 bits per heavy atom. The van der Waals surface area contributed by atoms with E-state index in [0.717, 1.165) is 19.3 Å². The molecule has 18 heavy (non-hydrogen) atoms. The number of likely N-dealkylation sites (tertiary alicyclic amines) is 1. The van der Waals surface area contributed by atoms with E-state index in [1.165, 1.54) is 0 Å². The van der Waals surface area contributed by atoms with Crippen molar-refractivity contribution in [3.8, 4) is 0 Å². The van der Waals surface area contributed by atoms with Gasteiger partial charge in [0.05, 0.1) is 5.92 Å². The average Bonchev–Trinajstić information content (AvgIpc) is 2.36. The quantitative estimate of drug-likeness (QED) is 0.744. The van der Waals surface area contributed by atoms with E-state index in [0.29, 0.717) is 38.4 Å². The molecule has 1 aliphatic rings. The number of rotatable bonds is 6. The summed E-state index contributed by atoms with van der Waals surface area (Å²) in [5.74, 6) is -0.628. The molecule has 1 aliphatic heterocycles. The fourth-order valence-corrected chi connectivity index (χ4v) is 2.36. The summed E-state index contributed by atoms with van der Waals surface area (Å²) in [5.41, 5.74) is 5.47. The van der Waals surface area contributed by atoms with Crippen molar-refractivity contribution in [3.05, 3.63) is 0 Å². The maximum absolute atomic E-state index is 12.0. The first-order valence-electron chi connectivity index (χ1n) is 6.75. The van der Waals surface area contributed by atoms with Crippen LogP contribution in [0.1, 0.15) is 39.0 Å². The lowest BCUT2D eigenvalue weighted by Gasteiger charge is -2.31. The summed E-state index contributed by atoms with van der Waals surface area (Å²) < 4.78 is 0. The molecule has 0 bridgehead atoms. The van der Waals surface area contributed by atoms with E-state index >= 15 is 0 Å². The predicted molar refractivity (Wildman–Crippen MR) is 69.0 cm³/mol. The van der Waals surface area contributed by atoms with Crippen LogP contribution in [0.15, 0.2) is 0 Å². The van der Waals surface area contributed by atoms with E-state index in [1.54, 1.807) is 4.90 Å². The highest BCUT2D eigenvalue weighted by molar-refractivity contribution is 5.78. The molecule has 5 heteroatoms. The smallest absolute Gasteiger partial charge is 0.308 e. The highest BCUT2D eigenvalue weighted by atomic mass is 16.4. The molecule has 1 heterocycles. The monoisotopic (exact) mass is 256 g/mol. The Morgan fingerprint density at radius 3 is 2.78 bits per heavy atom. The molecule has 104 valence electrons. The average molecular weight is 256 g/mol. The van der Waals surface area contributed by atoms with Crippen LogP contribution in [0.2, 0.25) is 0 Å². The maximum Gasteiger partial charge on any atom is 0.308 e. The first kappa shape index (κ1) is 15.0. The van der Waals surface area contributed by atoms with E-state index in [2.05, 4.69) is 6.92 Å². The molecule has 0 aromatic rings. The van der Waals surface area contributed by atoms with Crippen LogP contribution in [-0.2, 0) is 9.59 Å².